The van der Waals surface area contributed by atoms with Gasteiger partial charge in [-0.25, -0.2) is 8.42 Å². The zero-order valence-corrected chi connectivity index (χ0v) is 19.5. The Kier molecular flexibility index (Phi) is 7.40. The summed E-state index contributed by atoms with van der Waals surface area (Å²) in [6.07, 6.45) is 0. The van der Waals surface area contributed by atoms with Gasteiger partial charge in [0.1, 0.15) is 6.54 Å². The number of carbonyl (C=O) groups excluding carboxylic acids is 2. The van der Waals surface area contributed by atoms with Gasteiger partial charge in [-0.1, -0.05) is 44.2 Å². The van der Waals surface area contributed by atoms with E-state index in [1.807, 2.05) is 37.3 Å². The van der Waals surface area contributed by atoms with Crippen molar-refractivity contribution in [2.75, 3.05) is 30.3 Å². The fraction of sp³-hybridized carbons (Fsp3) is 0.364. The second kappa shape index (κ2) is 9.84. The summed E-state index contributed by atoms with van der Waals surface area (Å²) in [4.78, 5) is 27.6. The Morgan fingerprint density at radius 3 is 2.48 bits per heavy atom. The fourth-order valence-corrected chi connectivity index (χ4v) is 5.88. The van der Waals surface area contributed by atoms with E-state index in [4.69, 9.17) is 0 Å². The first-order chi connectivity index (χ1) is 14.8. The molecular formula is C22H27N3O4S2. The molecule has 1 N–H and O–H groups in total. The zero-order chi connectivity index (χ0) is 22.6. The van der Waals surface area contributed by atoms with Gasteiger partial charge in [-0.05, 0) is 30.7 Å². The molecule has 0 fully saturated rings. The van der Waals surface area contributed by atoms with Crippen LogP contribution in [0.5, 0.6) is 0 Å². The zero-order valence-electron chi connectivity index (χ0n) is 17.9. The molecule has 1 atom stereocenters. The standard InChI is InChI=1S/C22H27N3O4S2/c1-4-24(5-2)31(28,29)18-11-12-20-19(13-18)25(22(27)15-30-20)14-21(26)23-16(3)17-9-7-6-8-10-17/h6-13,16H,4-5,14-15H2,1-3H3,(H,23,26). The average molecular weight is 462 g/mol. The summed E-state index contributed by atoms with van der Waals surface area (Å²) in [6.45, 7) is 5.98. The number of sulfonamides is 1. The minimum atomic E-state index is -3.67. The van der Waals surface area contributed by atoms with Gasteiger partial charge < -0.3 is 10.2 Å². The first kappa shape index (κ1) is 23.3. The van der Waals surface area contributed by atoms with Crippen LogP contribution in [0.4, 0.5) is 5.69 Å². The van der Waals surface area contributed by atoms with E-state index < -0.39 is 10.0 Å². The molecule has 0 aliphatic carbocycles. The summed E-state index contributed by atoms with van der Waals surface area (Å²) in [7, 11) is -3.67. The van der Waals surface area contributed by atoms with Gasteiger partial charge in [0.15, 0.2) is 0 Å². The van der Waals surface area contributed by atoms with Gasteiger partial charge in [-0.15, -0.1) is 11.8 Å². The van der Waals surface area contributed by atoms with Crippen molar-refractivity contribution in [3.8, 4) is 0 Å². The maximum Gasteiger partial charge on any atom is 0.243 e. The highest BCUT2D eigenvalue weighted by Gasteiger charge is 2.30. The number of anilines is 1. The van der Waals surface area contributed by atoms with E-state index in [0.717, 1.165) is 10.5 Å². The molecule has 9 heteroatoms. The molecule has 166 valence electrons. The number of nitrogens with zero attached hydrogens (tertiary/aromatic N) is 2. The van der Waals surface area contributed by atoms with Crippen LogP contribution in [0.25, 0.3) is 0 Å². The summed E-state index contributed by atoms with van der Waals surface area (Å²) < 4.78 is 27.2. The third-order valence-corrected chi connectivity index (χ3v) is 8.29. The van der Waals surface area contributed by atoms with Crippen LogP contribution in [0, 0.1) is 0 Å². The Hall–Kier alpha value is -2.36. The second-order valence-electron chi connectivity index (χ2n) is 7.19. The smallest absolute Gasteiger partial charge is 0.243 e. The van der Waals surface area contributed by atoms with Gasteiger partial charge in [0, 0.05) is 18.0 Å². The summed E-state index contributed by atoms with van der Waals surface area (Å²) in [5.74, 6) is -0.326. The lowest BCUT2D eigenvalue weighted by Gasteiger charge is -2.30. The molecule has 7 nitrogen and oxygen atoms in total. The van der Waals surface area contributed by atoms with Crippen molar-refractivity contribution in [1.82, 2.24) is 9.62 Å². The molecule has 0 radical (unpaired) electrons. The van der Waals surface area contributed by atoms with E-state index in [-0.39, 0.29) is 35.0 Å². The molecule has 0 bridgehead atoms. The van der Waals surface area contributed by atoms with Crippen molar-refractivity contribution in [2.45, 2.75) is 36.6 Å². The van der Waals surface area contributed by atoms with Crippen LogP contribution in [-0.2, 0) is 19.6 Å². The number of rotatable bonds is 8. The highest BCUT2D eigenvalue weighted by atomic mass is 32.2. The summed E-state index contributed by atoms with van der Waals surface area (Å²) >= 11 is 1.35. The summed E-state index contributed by atoms with van der Waals surface area (Å²) in [5.41, 5.74) is 1.42. The molecule has 1 aliphatic heterocycles. The first-order valence-corrected chi connectivity index (χ1v) is 12.6. The maximum absolute atomic E-state index is 12.9. The number of carbonyl (C=O) groups is 2. The Labute approximate surface area is 187 Å². The van der Waals surface area contributed by atoms with Gasteiger partial charge in [-0.3, -0.25) is 9.59 Å². The number of benzene rings is 2. The van der Waals surface area contributed by atoms with Crippen LogP contribution < -0.4 is 10.2 Å². The normalized spacial score (nSPS) is 15.0. The third kappa shape index (κ3) is 5.11. The Morgan fingerprint density at radius 2 is 1.84 bits per heavy atom. The molecule has 0 aromatic heterocycles. The predicted molar refractivity (Wildman–Crippen MR) is 123 cm³/mol. The van der Waals surface area contributed by atoms with Crippen LogP contribution >= 0.6 is 11.8 Å². The van der Waals surface area contributed by atoms with Gasteiger partial charge in [-0.2, -0.15) is 4.31 Å². The molecule has 0 saturated heterocycles. The van der Waals surface area contributed by atoms with Gasteiger partial charge in [0.2, 0.25) is 21.8 Å². The topological polar surface area (TPSA) is 86.8 Å². The predicted octanol–water partition coefficient (Wildman–Crippen LogP) is 3.03. The molecule has 1 unspecified atom stereocenters. The molecule has 0 saturated carbocycles. The van der Waals surface area contributed by atoms with Gasteiger partial charge in [0.25, 0.3) is 0 Å². The van der Waals surface area contributed by atoms with Crippen LogP contribution in [0.1, 0.15) is 32.4 Å². The van der Waals surface area contributed by atoms with Crippen molar-refractivity contribution < 1.29 is 18.0 Å². The molecular weight excluding hydrogens is 434 g/mol. The SMILES string of the molecule is CCN(CC)S(=O)(=O)c1ccc2c(c1)N(CC(=O)NC(C)c1ccccc1)C(=O)CS2. The number of fused-ring (bicyclic) bond motifs is 1. The van der Waals surface area contributed by atoms with E-state index in [1.165, 1.54) is 27.0 Å². The van der Waals surface area contributed by atoms with Crippen molar-refractivity contribution in [2.24, 2.45) is 0 Å². The summed E-state index contributed by atoms with van der Waals surface area (Å²) in [6, 6.07) is 14.1. The van der Waals surface area contributed by atoms with Crippen LogP contribution in [0.2, 0.25) is 0 Å². The molecule has 31 heavy (non-hydrogen) atoms. The van der Waals surface area contributed by atoms with Crippen molar-refractivity contribution in [3.05, 3.63) is 54.1 Å². The molecule has 1 aliphatic rings. The van der Waals surface area contributed by atoms with Gasteiger partial charge >= 0.3 is 0 Å². The van der Waals surface area contributed by atoms with Crippen molar-refractivity contribution in [3.63, 3.8) is 0 Å². The maximum atomic E-state index is 12.9. The van der Waals surface area contributed by atoms with Crippen LogP contribution in [0.15, 0.2) is 58.3 Å². The number of nitrogens with one attached hydrogen (secondary N) is 1. The molecule has 1 heterocycles. The number of thioether (sulfide) groups is 1. The minimum absolute atomic E-state index is 0.119. The quantitative estimate of drug-likeness (QED) is 0.653. The van der Waals surface area contributed by atoms with Crippen LogP contribution in [-0.4, -0.2) is 49.9 Å². The lowest BCUT2D eigenvalue weighted by molar-refractivity contribution is -0.123. The monoisotopic (exact) mass is 461 g/mol. The van der Waals surface area contributed by atoms with E-state index in [9.17, 15) is 18.0 Å². The van der Waals surface area contributed by atoms with E-state index >= 15 is 0 Å². The molecule has 2 aromatic carbocycles. The van der Waals surface area contributed by atoms with Crippen molar-refractivity contribution in [1.29, 1.82) is 0 Å². The van der Waals surface area contributed by atoms with E-state index in [1.54, 1.807) is 26.0 Å². The molecule has 2 aromatic rings. The number of amides is 2. The highest BCUT2D eigenvalue weighted by molar-refractivity contribution is 8.00. The molecule has 0 spiro atoms. The van der Waals surface area contributed by atoms with E-state index in [2.05, 4.69) is 5.32 Å². The number of hydrogen-bond donors (Lipinski definition) is 1. The average Bonchev–Trinajstić information content (AvgIpc) is 2.76. The summed E-state index contributed by atoms with van der Waals surface area (Å²) in [5, 5.41) is 2.91. The van der Waals surface area contributed by atoms with Crippen LogP contribution in [0.3, 0.4) is 0 Å². The lowest BCUT2D eigenvalue weighted by atomic mass is 10.1. The minimum Gasteiger partial charge on any atom is -0.348 e. The Morgan fingerprint density at radius 1 is 1.16 bits per heavy atom. The Bertz CT molecular complexity index is 1050. The largest absolute Gasteiger partial charge is 0.348 e. The van der Waals surface area contributed by atoms with E-state index in [0.29, 0.717) is 18.8 Å². The van der Waals surface area contributed by atoms with Gasteiger partial charge in [0.05, 0.1) is 22.4 Å². The number of hydrogen-bond acceptors (Lipinski definition) is 5. The first-order valence-electron chi connectivity index (χ1n) is 10.2. The molecule has 3 rings (SSSR count). The fourth-order valence-electron chi connectivity index (χ4n) is 3.48. The lowest BCUT2D eigenvalue weighted by Crippen LogP contribution is -2.44. The Balaban J connectivity index is 1.84. The highest BCUT2D eigenvalue weighted by Crippen LogP contribution is 2.37. The molecule has 2 amide bonds. The van der Waals surface area contributed by atoms with Crippen molar-refractivity contribution >= 4 is 39.3 Å². The second-order valence-corrected chi connectivity index (χ2v) is 10.1. The third-order valence-electron chi connectivity index (χ3n) is 5.20.